The van der Waals surface area contributed by atoms with Gasteiger partial charge >= 0.3 is 0 Å². The molecule has 0 amide bonds. The zero-order valence-corrected chi connectivity index (χ0v) is 29.1. The van der Waals surface area contributed by atoms with Gasteiger partial charge < -0.3 is 9.64 Å². The van der Waals surface area contributed by atoms with Gasteiger partial charge in [-0.2, -0.15) is 0 Å². The monoisotopic (exact) mass is 667 g/mol. The normalized spacial score (nSPS) is 16.8. The second-order valence-corrected chi connectivity index (χ2v) is 17.4. The number of ether oxygens (including phenoxy) is 1. The molecule has 49 heavy (non-hydrogen) atoms. The van der Waals surface area contributed by atoms with E-state index in [-0.39, 0.29) is 0 Å². The van der Waals surface area contributed by atoms with Crippen molar-refractivity contribution >= 4 is 50.8 Å². The predicted octanol–water partition coefficient (Wildman–Crippen LogP) is 10.3. The highest BCUT2D eigenvalue weighted by atomic mass is 32.4. The third-order valence-electron chi connectivity index (χ3n) is 10.1. The van der Waals surface area contributed by atoms with Crippen LogP contribution in [0.15, 0.2) is 170 Å². The standard InChI is InChI=1S/C45H34NOPS/c1-31-22-25-39-37(28-31)45(33-14-6-3-7-15-33,34-16-8-4-9-17-34)38-29-32(2)23-26-40(38)46(39)35-24-27-44-42(30-35)47-41-20-12-13-21-43(41)48(44,49)36-18-10-5-11-19-36/h3-30H,1-2H3. The second-order valence-electron chi connectivity index (χ2n) is 13.0. The van der Waals surface area contributed by atoms with Crippen LogP contribution in [0.5, 0.6) is 11.5 Å². The Balaban J connectivity index is 1.32. The first-order valence-corrected chi connectivity index (χ1v) is 19.5. The summed E-state index contributed by atoms with van der Waals surface area (Å²) in [5, 5.41) is 3.36. The van der Waals surface area contributed by atoms with Crippen molar-refractivity contribution in [1.82, 2.24) is 0 Å². The number of hydrogen-bond acceptors (Lipinski definition) is 3. The molecular formula is C45H34NOPS. The average Bonchev–Trinajstić information content (AvgIpc) is 3.15. The number of anilines is 3. The van der Waals surface area contributed by atoms with Crippen molar-refractivity contribution in [1.29, 1.82) is 0 Å². The number of rotatable bonds is 4. The fourth-order valence-electron chi connectivity index (χ4n) is 7.96. The minimum atomic E-state index is -2.36. The minimum absolute atomic E-state index is 0.528. The summed E-state index contributed by atoms with van der Waals surface area (Å²) in [5.74, 6) is 1.67. The van der Waals surface area contributed by atoms with Gasteiger partial charge in [-0.15, -0.1) is 0 Å². The van der Waals surface area contributed by atoms with Crippen LogP contribution in [0.2, 0.25) is 0 Å². The van der Waals surface area contributed by atoms with Crippen LogP contribution in [0, 0.1) is 13.8 Å². The summed E-state index contributed by atoms with van der Waals surface area (Å²) in [5.41, 5.74) is 10.2. The largest absolute Gasteiger partial charge is 0.456 e. The van der Waals surface area contributed by atoms with Gasteiger partial charge in [0.15, 0.2) is 0 Å². The molecule has 1 atom stereocenters. The van der Waals surface area contributed by atoms with E-state index in [1.807, 2.05) is 6.07 Å². The van der Waals surface area contributed by atoms with Crippen molar-refractivity contribution in [2.24, 2.45) is 0 Å². The van der Waals surface area contributed by atoms with Gasteiger partial charge in [-0.25, -0.2) is 0 Å². The molecule has 0 saturated carbocycles. The second kappa shape index (κ2) is 11.4. The Kier molecular flexibility index (Phi) is 6.98. The van der Waals surface area contributed by atoms with Crippen molar-refractivity contribution < 1.29 is 4.74 Å². The molecule has 1 unspecified atom stereocenters. The first-order chi connectivity index (χ1) is 24.0. The van der Waals surface area contributed by atoms with Crippen LogP contribution in [-0.2, 0) is 17.2 Å². The number of benzene rings is 7. The summed E-state index contributed by atoms with van der Waals surface area (Å²) < 4.78 is 6.75. The number of para-hydroxylation sites is 1. The smallest absolute Gasteiger partial charge is 0.138 e. The Bertz CT molecular complexity index is 2330. The van der Waals surface area contributed by atoms with Gasteiger partial charge in [0.2, 0.25) is 0 Å². The summed E-state index contributed by atoms with van der Waals surface area (Å²) in [4.78, 5) is 2.42. The molecule has 0 aromatic heterocycles. The molecule has 0 aliphatic carbocycles. The molecule has 4 heteroatoms. The van der Waals surface area contributed by atoms with E-state index in [9.17, 15) is 0 Å². The fraction of sp³-hybridized carbons (Fsp3) is 0.0667. The van der Waals surface area contributed by atoms with Gasteiger partial charge in [-0.1, -0.05) is 150 Å². The summed E-state index contributed by atoms with van der Waals surface area (Å²) >= 11 is 6.74. The van der Waals surface area contributed by atoms with Crippen LogP contribution < -0.4 is 25.6 Å². The lowest BCUT2D eigenvalue weighted by atomic mass is 9.62. The number of aryl methyl sites for hydroxylation is 2. The highest BCUT2D eigenvalue weighted by Crippen LogP contribution is 2.59. The van der Waals surface area contributed by atoms with Gasteiger partial charge in [0, 0.05) is 28.4 Å². The lowest BCUT2D eigenvalue weighted by molar-refractivity contribution is 0.488. The first-order valence-electron chi connectivity index (χ1n) is 16.7. The maximum Gasteiger partial charge on any atom is 0.138 e. The average molecular weight is 668 g/mol. The van der Waals surface area contributed by atoms with Crippen molar-refractivity contribution in [3.05, 3.63) is 203 Å². The highest BCUT2D eigenvalue weighted by molar-refractivity contribution is 8.25. The Hall–Kier alpha value is -5.21. The van der Waals surface area contributed by atoms with E-state index < -0.39 is 11.5 Å². The van der Waals surface area contributed by atoms with Crippen LogP contribution >= 0.6 is 6.04 Å². The van der Waals surface area contributed by atoms with Gasteiger partial charge in [0.25, 0.3) is 0 Å². The summed E-state index contributed by atoms with van der Waals surface area (Å²) in [6, 6.07) is 59.0. The SMILES string of the molecule is Cc1ccc2c(c1)C(c1ccccc1)(c1ccccc1)c1cc(C)ccc1N2c1ccc2c(c1)Oc1ccccc1P2(=S)c1ccccc1. The van der Waals surface area contributed by atoms with Crippen LogP contribution in [0.3, 0.4) is 0 Å². The highest BCUT2D eigenvalue weighted by Gasteiger charge is 2.47. The maximum absolute atomic E-state index is 6.75. The fourth-order valence-corrected chi connectivity index (χ4v) is 12.1. The third kappa shape index (κ3) is 4.43. The van der Waals surface area contributed by atoms with Crippen LogP contribution in [0.25, 0.3) is 0 Å². The van der Waals surface area contributed by atoms with E-state index in [1.165, 1.54) is 38.7 Å². The van der Waals surface area contributed by atoms with Gasteiger partial charge in [0.05, 0.1) is 16.8 Å². The molecule has 9 rings (SSSR count). The topological polar surface area (TPSA) is 12.5 Å². The van der Waals surface area contributed by atoms with Crippen LogP contribution in [0.4, 0.5) is 17.1 Å². The Morgan fingerprint density at radius 2 is 1.02 bits per heavy atom. The van der Waals surface area contributed by atoms with E-state index in [4.69, 9.17) is 16.5 Å². The zero-order valence-electron chi connectivity index (χ0n) is 27.4. The Labute approximate surface area is 293 Å². The molecule has 0 bridgehead atoms. The molecule has 0 saturated heterocycles. The lowest BCUT2D eigenvalue weighted by Gasteiger charge is -2.47. The number of nitrogens with zero attached hydrogens (tertiary/aromatic N) is 1. The molecule has 2 heterocycles. The first kappa shape index (κ1) is 29.9. The van der Waals surface area contributed by atoms with E-state index in [0.717, 1.165) is 39.2 Å². The van der Waals surface area contributed by atoms with E-state index in [1.54, 1.807) is 0 Å². The lowest BCUT2D eigenvalue weighted by Crippen LogP contribution is -2.38. The summed E-state index contributed by atoms with van der Waals surface area (Å²) in [6.07, 6.45) is 0. The van der Waals surface area contributed by atoms with Gasteiger partial charge in [-0.05, 0) is 77.8 Å². The third-order valence-corrected chi connectivity index (χ3v) is 15.0. The van der Waals surface area contributed by atoms with Gasteiger partial charge in [0.1, 0.15) is 11.5 Å². The Morgan fingerprint density at radius 3 is 1.61 bits per heavy atom. The van der Waals surface area contributed by atoms with Crippen LogP contribution in [-0.4, -0.2) is 0 Å². The molecular weight excluding hydrogens is 634 g/mol. The summed E-state index contributed by atoms with van der Waals surface area (Å²) in [6.45, 7) is 4.38. The molecule has 0 radical (unpaired) electrons. The van der Waals surface area contributed by atoms with Crippen molar-refractivity contribution in [2.75, 3.05) is 4.90 Å². The summed E-state index contributed by atoms with van der Waals surface area (Å²) in [7, 11) is 0. The van der Waals surface area contributed by atoms with Crippen molar-refractivity contribution in [3.8, 4) is 11.5 Å². The number of hydrogen-bond donors (Lipinski definition) is 0. The van der Waals surface area contributed by atoms with E-state index in [2.05, 4.69) is 183 Å². The van der Waals surface area contributed by atoms with E-state index >= 15 is 0 Å². The molecule has 236 valence electrons. The zero-order chi connectivity index (χ0) is 33.2. The molecule has 0 fully saturated rings. The van der Waals surface area contributed by atoms with Gasteiger partial charge in [-0.3, -0.25) is 0 Å². The molecule has 0 N–H and O–H groups in total. The molecule has 7 aromatic rings. The van der Waals surface area contributed by atoms with Crippen molar-refractivity contribution in [2.45, 2.75) is 19.3 Å². The molecule has 7 aromatic carbocycles. The molecule has 2 nitrogen and oxygen atoms in total. The molecule has 2 aliphatic heterocycles. The minimum Gasteiger partial charge on any atom is -0.456 e. The van der Waals surface area contributed by atoms with Crippen molar-refractivity contribution in [3.63, 3.8) is 0 Å². The predicted molar refractivity (Wildman–Crippen MR) is 209 cm³/mol. The molecule has 2 aliphatic rings. The number of fused-ring (bicyclic) bond motifs is 4. The quantitative estimate of drug-likeness (QED) is 0.173. The Morgan fingerprint density at radius 1 is 0.510 bits per heavy atom. The maximum atomic E-state index is 6.75. The van der Waals surface area contributed by atoms with Crippen LogP contribution in [0.1, 0.15) is 33.4 Å². The van der Waals surface area contributed by atoms with E-state index in [0.29, 0.717) is 0 Å². The molecule has 0 spiro atoms.